The van der Waals surface area contributed by atoms with Crippen molar-refractivity contribution in [3.63, 3.8) is 0 Å². The molecule has 8 nitrogen and oxygen atoms in total. The molecule has 3 rings (SSSR count). The molecule has 0 aliphatic carbocycles. The maximum absolute atomic E-state index is 12.1. The second-order valence-corrected chi connectivity index (χ2v) is 6.21. The van der Waals surface area contributed by atoms with Crippen LogP contribution in [0.15, 0.2) is 23.2 Å². The Kier molecular flexibility index (Phi) is 4.48. The molecule has 1 aliphatic heterocycles. The Balaban J connectivity index is 1.64. The van der Waals surface area contributed by atoms with Gasteiger partial charge in [0.25, 0.3) is 5.91 Å². The molecule has 2 aromatic rings. The van der Waals surface area contributed by atoms with Crippen molar-refractivity contribution in [1.82, 2.24) is 20.3 Å². The number of aromatic nitrogens is 3. The van der Waals surface area contributed by atoms with Crippen molar-refractivity contribution in [3.05, 3.63) is 35.9 Å². The molecule has 3 heterocycles. The van der Waals surface area contributed by atoms with Crippen LogP contribution in [0.3, 0.4) is 0 Å². The predicted octanol–water partition coefficient (Wildman–Crippen LogP) is 0.843. The molecular weight excluding hydrogens is 310 g/mol. The number of carbonyl (C=O) groups excluding carboxylic acids is 1. The van der Waals surface area contributed by atoms with Crippen molar-refractivity contribution < 1.29 is 14.3 Å². The molecule has 8 heteroatoms. The van der Waals surface area contributed by atoms with E-state index in [0.717, 1.165) is 24.5 Å². The molecular formula is C16H21N5O3. The third-order valence-electron chi connectivity index (χ3n) is 4.21. The highest BCUT2D eigenvalue weighted by molar-refractivity contribution is 5.93. The van der Waals surface area contributed by atoms with Crippen LogP contribution < -0.4 is 10.2 Å². The molecule has 0 radical (unpaired) electrons. The Labute approximate surface area is 139 Å². The van der Waals surface area contributed by atoms with Crippen molar-refractivity contribution in [2.45, 2.75) is 32.3 Å². The van der Waals surface area contributed by atoms with E-state index in [9.17, 15) is 9.90 Å². The van der Waals surface area contributed by atoms with E-state index < -0.39 is 5.60 Å². The second kappa shape index (κ2) is 6.56. The number of carbonyl (C=O) groups is 1. The van der Waals surface area contributed by atoms with Crippen molar-refractivity contribution in [2.24, 2.45) is 0 Å². The molecule has 128 valence electrons. The molecule has 0 spiro atoms. The summed E-state index contributed by atoms with van der Waals surface area (Å²) in [5.74, 6) is 0.908. The fraction of sp³-hybridized carbons (Fsp3) is 0.500. The van der Waals surface area contributed by atoms with Crippen LogP contribution in [0, 0.1) is 13.8 Å². The average molecular weight is 331 g/mol. The Morgan fingerprint density at radius 1 is 1.42 bits per heavy atom. The molecule has 2 N–H and O–H groups in total. The lowest BCUT2D eigenvalue weighted by Crippen LogP contribution is -2.54. The molecule has 1 atom stereocenters. The quantitative estimate of drug-likeness (QED) is 0.855. The van der Waals surface area contributed by atoms with Crippen LogP contribution in [-0.2, 0) is 0 Å². The fourth-order valence-electron chi connectivity index (χ4n) is 2.92. The molecule has 0 aromatic carbocycles. The number of aliphatic hydroxyl groups is 1. The van der Waals surface area contributed by atoms with Crippen molar-refractivity contribution in [2.75, 3.05) is 24.5 Å². The first-order valence-electron chi connectivity index (χ1n) is 7.91. The highest BCUT2D eigenvalue weighted by Gasteiger charge is 2.34. The zero-order valence-electron chi connectivity index (χ0n) is 13.8. The number of amides is 1. The van der Waals surface area contributed by atoms with E-state index in [2.05, 4.69) is 20.3 Å². The number of β-amino-alcohol motifs (C(OH)–C–C–N with tert-alkyl or cyclic N) is 1. The third kappa shape index (κ3) is 3.53. The molecule has 0 bridgehead atoms. The lowest BCUT2D eigenvalue weighted by Gasteiger charge is -2.39. The summed E-state index contributed by atoms with van der Waals surface area (Å²) in [6.45, 7) is 4.95. The first-order chi connectivity index (χ1) is 11.5. The summed E-state index contributed by atoms with van der Waals surface area (Å²) in [4.78, 5) is 26.4. The van der Waals surface area contributed by atoms with Crippen molar-refractivity contribution in [1.29, 1.82) is 0 Å². The number of nitrogens with zero attached hydrogens (tertiary/aromatic N) is 4. The van der Waals surface area contributed by atoms with Crippen molar-refractivity contribution in [3.8, 4) is 0 Å². The van der Waals surface area contributed by atoms with Crippen LogP contribution in [0.25, 0.3) is 0 Å². The lowest BCUT2D eigenvalue weighted by molar-refractivity contribution is 0.0253. The highest BCUT2D eigenvalue weighted by Crippen LogP contribution is 2.24. The van der Waals surface area contributed by atoms with Crippen LogP contribution in [0.1, 0.15) is 34.8 Å². The van der Waals surface area contributed by atoms with E-state index in [0.29, 0.717) is 18.7 Å². The summed E-state index contributed by atoms with van der Waals surface area (Å²) in [5, 5.41) is 13.6. The molecule has 1 unspecified atom stereocenters. The van der Waals surface area contributed by atoms with Gasteiger partial charge in [0.15, 0.2) is 12.1 Å². The Hall–Kier alpha value is -2.48. The molecule has 24 heavy (non-hydrogen) atoms. The number of piperidine rings is 1. The van der Waals surface area contributed by atoms with Crippen LogP contribution in [0.4, 0.5) is 5.82 Å². The highest BCUT2D eigenvalue weighted by atomic mass is 16.3. The van der Waals surface area contributed by atoms with Gasteiger partial charge in [-0.25, -0.2) is 15.0 Å². The van der Waals surface area contributed by atoms with Crippen LogP contribution in [0.2, 0.25) is 0 Å². The summed E-state index contributed by atoms with van der Waals surface area (Å²) < 4.78 is 5.03. The number of hydrogen-bond acceptors (Lipinski definition) is 7. The minimum absolute atomic E-state index is 0.151. The summed E-state index contributed by atoms with van der Waals surface area (Å²) in [6.07, 6.45) is 4.19. The van der Waals surface area contributed by atoms with Gasteiger partial charge in [0.1, 0.15) is 17.9 Å². The molecule has 1 saturated heterocycles. The average Bonchev–Trinajstić information content (AvgIpc) is 2.99. The maximum atomic E-state index is 12.1. The number of anilines is 1. The first-order valence-corrected chi connectivity index (χ1v) is 7.91. The van der Waals surface area contributed by atoms with Crippen LogP contribution in [0.5, 0.6) is 0 Å². The number of hydrogen-bond donors (Lipinski definition) is 2. The monoisotopic (exact) mass is 331 g/mol. The van der Waals surface area contributed by atoms with Gasteiger partial charge in [-0.15, -0.1) is 0 Å². The second-order valence-electron chi connectivity index (χ2n) is 6.21. The smallest absolute Gasteiger partial charge is 0.273 e. The summed E-state index contributed by atoms with van der Waals surface area (Å²) in [7, 11) is 0. The molecule has 2 aromatic heterocycles. The third-order valence-corrected chi connectivity index (χ3v) is 4.21. The van der Waals surface area contributed by atoms with E-state index in [1.165, 1.54) is 12.7 Å². The minimum atomic E-state index is -1.01. The van der Waals surface area contributed by atoms with Gasteiger partial charge in [0.2, 0.25) is 0 Å². The molecule has 0 saturated carbocycles. The summed E-state index contributed by atoms with van der Waals surface area (Å²) in [6, 6.07) is 1.89. The molecule has 1 fully saturated rings. The fourth-order valence-corrected chi connectivity index (χ4v) is 2.92. The van der Waals surface area contributed by atoms with E-state index in [1.807, 2.05) is 17.9 Å². The summed E-state index contributed by atoms with van der Waals surface area (Å²) >= 11 is 0. The van der Waals surface area contributed by atoms with Gasteiger partial charge in [-0.1, -0.05) is 0 Å². The Morgan fingerprint density at radius 3 is 2.96 bits per heavy atom. The van der Waals surface area contributed by atoms with Gasteiger partial charge in [-0.3, -0.25) is 4.79 Å². The Morgan fingerprint density at radius 2 is 2.25 bits per heavy atom. The first kappa shape index (κ1) is 16.4. The van der Waals surface area contributed by atoms with Crippen LogP contribution in [-0.4, -0.2) is 51.2 Å². The number of rotatable bonds is 4. The number of oxazole rings is 1. The largest absolute Gasteiger partial charge is 0.448 e. The van der Waals surface area contributed by atoms with Gasteiger partial charge in [0, 0.05) is 31.4 Å². The van der Waals surface area contributed by atoms with Crippen molar-refractivity contribution >= 4 is 11.7 Å². The maximum Gasteiger partial charge on any atom is 0.273 e. The summed E-state index contributed by atoms with van der Waals surface area (Å²) in [5.41, 5.74) is 0.117. The van der Waals surface area contributed by atoms with Gasteiger partial charge in [-0.2, -0.15) is 0 Å². The van der Waals surface area contributed by atoms with Gasteiger partial charge < -0.3 is 19.7 Å². The minimum Gasteiger partial charge on any atom is -0.448 e. The van der Waals surface area contributed by atoms with Gasteiger partial charge in [0.05, 0.1) is 5.60 Å². The van der Waals surface area contributed by atoms with Gasteiger partial charge in [-0.05, 0) is 26.7 Å². The SMILES string of the molecule is Cc1cc(N2CCCC(O)(CNC(=O)c3ncoc3C)C2)ncn1. The Bertz CT molecular complexity index is 732. The van der Waals surface area contributed by atoms with E-state index >= 15 is 0 Å². The molecule has 1 amide bonds. The number of nitrogens with one attached hydrogen (secondary N) is 1. The predicted molar refractivity (Wildman–Crippen MR) is 86.7 cm³/mol. The zero-order chi connectivity index (χ0) is 17.2. The van der Waals surface area contributed by atoms with E-state index in [1.54, 1.807) is 6.92 Å². The van der Waals surface area contributed by atoms with E-state index in [4.69, 9.17) is 4.42 Å². The number of aryl methyl sites for hydroxylation is 2. The standard InChI is InChI=1S/C16H21N5O3/c1-11-6-13(19-9-18-11)21-5-3-4-16(23,8-21)7-17-15(22)14-12(2)24-10-20-14/h6,9-10,23H,3-5,7-8H2,1-2H3,(H,17,22). The van der Waals surface area contributed by atoms with Crippen LogP contribution >= 0.6 is 0 Å². The topological polar surface area (TPSA) is 104 Å². The molecule has 1 aliphatic rings. The van der Waals surface area contributed by atoms with Gasteiger partial charge >= 0.3 is 0 Å². The normalized spacial score (nSPS) is 20.9. The van der Waals surface area contributed by atoms with E-state index in [-0.39, 0.29) is 18.1 Å². The lowest BCUT2D eigenvalue weighted by atomic mass is 9.92. The zero-order valence-corrected chi connectivity index (χ0v) is 13.8.